The second-order valence-corrected chi connectivity index (χ2v) is 1.64. The molecule has 0 fully saturated rings. The van der Waals surface area contributed by atoms with Gasteiger partial charge in [0.25, 0.3) is 0 Å². The number of hydrogen-bond donors (Lipinski definition) is 0. The molecule has 1 aliphatic heterocycles. The molecule has 0 saturated carbocycles. The van der Waals surface area contributed by atoms with Crippen LogP contribution in [0.3, 0.4) is 0 Å². The summed E-state index contributed by atoms with van der Waals surface area (Å²) in [7, 11) is 0. The Kier molecular flexibility index (Phi) is 3.17. The van der Waals surface area contributed by atoms with Gasteiger partial charge in [-0.3, -0.25) is 0 Å². The van der Waals surface area contributed by atoms with Crippen molar-refractivity contribution in [2.75, 3.05) is 5.75 Å². The number of hydrogen-bond acceptors (Lipinski definition) is 1. The van der Waals surface area contributed by atoms with Crippen LogP contribution in [0.15, 0.2) is 11.5 Å². The van der Waals surface area contributed by atoms with Crippen molar-refractivity contribution in [1.82, 2.24) is 0 Å². The van der Waals surface area contributed by atoms with Crippen LogP contribution in [0.25, 0.3) is 0 Å². The topological polar surface area (TPSA) is 0 Å². The summed E-state index contributed by atoms with van der Waals surface area (Å²) in [4.78, 5) is 0. The first-order chi connectivity index (χ1) is 2.00. The average molecular weight is 128 g/mol. The van der Waals surface area contributed by atoms with Gasteiger partial charge in [0.1, 0.15) is 0 Å². The Morgan fingerprint density at radius 3 is 1.80 bits per heavy atom. The maximum absolute atomic E-state index is 2.14. The van der Waals surface area contributed by atoms with Gasteiger partial charge < -0.3 is 0 Å². The maximum atomic E-state index is 2.14. The quantitative estimate of drug-likeness (QED) is 0.442. The zero-order chi connectivity index (χ0) is 2.83. The van der Waals surface area contributed by atoms with Gasteiger partial charge in [-0.15, -0.1) is 11.8 Å². The third kappa shape index (κ3) is 1.48. The van der Waals surface area contributed by atoms with Crippen molar-refractivity contribution >= 4 is 11.8 Å². The summed E-state index contributed by atoms with van der Waals surface area (Å²) in [5.74, 6) is 1.24. The molecule has 5 heavy (non-hydrogen) atoms. The molecule has 1 heterocycles. The van der Waals surface area contributed by atoms with Gasteiger partial charge in [0, 0.05) is 22.8 Å². The van der Waals surface area contributed by atoms with Crippen molar-refractivity contribution in [3.63, 3.8) is 0 Å². The van der Waals surface area contributed by atoms with Crippen LogP contribution in [0.1, 0.15) is 0 Å². The van der Waals surface area contributed by atoms with E-state index in [1.54, 1.807) is 0 Å². The van der Waals surface area contributed by atoms with Crippen LogP contribution in [0, 0.1) is 0 Å². The summed E-state index contributed by atoms with van der Waals surface area (Å²) < 4.78 is 0. The Morgan fingerprint density at radius 2 is 1.80 bits per heavy atom. The summed E-state index contributed by atoms with van der Waals surface area (Å²) >= 11 is 1.86. The van der Waals surface area contributed by atoms with E-state index in [-0.39, 0.29) is 17.1 Å². The Labute approximate surface area is 46.5 Å². The molecule has 1 aliphatic rings. The van der Waals surface area contributed by atoms with Crippen LogP contribution in [-0.2, 0) is 17.1 Å². The van der Waals surface area contributed by atoms with Gasteiger partial charge in [-0.25, -0.2) is 0 Å². The smallest absolute Gasteiger partial charge is 0.0162 e. The molecule has 2 heteroatoms. The average Bonchev–Trinajstić information content (AvgIpc) is 0.722. The van der Waals surface area contributed by atoms with Crippen molar-refractivity contribution in [2.45, 2.75) is 0 Å². The Bertz CT molecular complexity index is 36.2. The second kappa shape index (κ2) is 2.83. The zero-order valence-electron chi connectivity index (χ0n) is 2.62. The molecule has 0 saturated heterocycles. The molecule has 0 aromatic rings. The fourth-order valence-electron chi connectivity index (χ4n) is 0.0962. The van der Waals surface area contributed by atoms with E-state index in [0.29, 0.717) is 0 Å². The largest absolute Gasteiger partial charge is 0.130 e. The monoisotopic (exact) mass is 128 g/mol. The molecule has 0 unspecified atom stereocenters. The van der Waals surface area contributed by atoms with Gasteiger partial charge in [-0.2, -0.15) is 0 Å². The zero-order valence-corrected chi connectivity index (χ0v) is 4.54. The summed E-state index contributed by atoms with van der Waals surface area (Å²) in [6, 6.07) is 0. The Balaban J connectivity index is 0.000000160. The standard InChI is InChI=1S/C3H4S.Fe/c1-2-4-3-1;/h1-2H,3H2;. The van der Waals surface area contributed by atoms with Crippen LogP contribution >= 0.6 is 11.8 Å². The van der Waals surface area contributed by atoms with E-state index in [1.807, 2.05) is 11.8 Å². The predicted molar refractivity (Wildman–Crippen MR) is 21.6 cm³/mol. The van der Waals surface area contributed by atoms with Crippen LogP contribution in [-0.4, -0.2) is 5.75 Å². The fourth-order valence-corrected chi connectivity index (χ4v) is 0.289. The van der Waals surface area contributed by atoms with E-state index >= 15 is 0 Å². The predicted octanol–water partition coefficient (Wildman–Crippen LogP) is 1.24. The van der Waals surface area contributed by atoms with E-state index in [1.165, 1.54) is 5.75 Å². The molecule has 0 spiro atoms. The molecule has 0 radical (unpaired) electrons. The van der Waals surface area contributed by atoms with Gasteiger partial charge in [-0.05, 0) is 5.41 Å². The van der Waals surface area contributed by atoms with Gasteiger partial charge in [0.15, 0.2) is 0 Å². The minimum absolute atomic E-state index is 0. The fraction of sp³-hybridized carbons (Fsp3) is 0.333. The van der Waals surface area contributed by atoms with Gasteiger partial charge in [-0.1, -0.05) is 6.08 Å². The van der Waals surface area contributed by atoms with Crippen molar-refractivity contribution in [2.24, 2.45) is 0 Å². The molecule has 30 valence electrons. The number of rotatable bonds is 0. The van der Waals surface area contributed by atoms with E-state index in [9.17, 15) is 0 Å². The molecule has 0 nitrogen and oxygen atoms in total. The van der Waals surface area contributed by atoms with Crippen molar-refractivity contribution in [1.29, 1.82) is 0 Å². The van der Waals surface area contributed by atoms with Gasteiger partial charge >= 0.3 is 0 Å². The Morgan fingerprint density at radius 1 is 1.60 bits per heavy atom. The molecular weight excluding hydrogens is 124 g/mol. The molecule has 1 rings (SSSR count). The molecule has 0 aliphatic carbocycles. The van der Waals surface area contributed by atoms with E-state index in [2.05, 4.69) is 11.5 Å². The SMILES string of the molecule is C1=CSC1.[Fe]. The summed E-state index contributed by atoms with van der Waals surface area (Å²) in [5.41, 5.74) is 0. The Hall–Kier alpha value is 0.609. The van der Waals surface area contributed by atoms with Crippen LogP contribution < -0.4 is 0 Å². The van der Waals surface area contributed by atoms with Gasteiger partial charge in [0.2, 0.25) is 0 Å². The second-order valence-electron chi connectivity index (χ2n) is 0.705. The van der Waals surface area contributed by atoms with Crippen LogP contribution in [0.4, 0.5) is 0 Å². The third-order valence-electron chi connectivity index (χ3n) is 0.385. The molecule has 0 aromatic carbocycles. The van der Waals surface area contributed by atoms with Gasteiger partial charge in [0.05, 0.1) is 0 Å². The van der Waals surface area contributed by atoms with Crippen molar-refractivity contribution < 1.29 is 17.1 Å². The summed E-state index contributed by atoms with van der Waals surface area (Å²) in [6.07, 6.45) is 2.14. The van der Waals surface area contributed by atoms with E-state index in [4.69, 9.17) is 0 Å². The summed E-state index contributed by atoms with van der Waals surface area (Å²) in [6.45, 7) is 0. The molecule has 0 bridgehead atoms. The molecular formula is C3H4FeS. The first kappa shape index (κ1) is 5.61. The molecule has 0 amide bonds. The maximum Gasteiger partial charge on any atom is 0.0162 e. The minimum Gasteiger partial charge on any atom is -0.130 e. The first-order valence-corrected chi connectivity index (χ1v) is 2.31. The van der Waals surface area contributed by atoms with E-state index in [0.717, 1.165) is 0 Å². The molecule has 0 aromatic heterocycles. The van der Waals surface area contributed by atoms with Crippen molar-refractivity contribution in [3.05, 3.63) is 11.5 Å². The molecule has 0 N–H and O–H groups in total. The van der Waals surface area contributed by atoms with Crippen LogP contribution in [0.2, 0.25) is 0 Å². The summed E-state index contributed by atoms with van der Waals surface area (Å²) in [5, 5.41) is 2.10. The minimum atomic E-state index is 0. The van der Waals surface area contributed by atoms with Crippen molar-refractivity contribution in [3.8, 4) is 0 Å². The van der Waals surface area contributed by atoms with Crippen LogP contribution in [0.5, 0.6) is 0 Å². The third-order valence-corrected chi connectivity index (χ3v) is 1.15. The molecule has 0 atom stereocenters. The number of thioether (sulfide) groups is 1. The first-order valence-electron chi connectivity index (χ1n) is 1.27. The van der Waals surface area contributed by atoms with E-state index < -0.39 is 0 Å². The normalized spacial score (nSPS) is 16.0.